The molecule has 2 N–H and O–H groups in total. The first kappa shape index (κ1) is 26.8. The van der Waals surface area contributed by atoms with Crippen molar-refractivity contribution in [1.82, 2.24) is 4.90 Å². The van der Waals surface area contributed by atoms with E-state index in [2.05, 4.69) is 6.92 Å². The second-order valence-electron chi connectivity index (χ2n) is 9.20. The lowest BCUT2D eigenvalue weighted by atomic mass is 9.76. The zero-order valence-corrected chi connectivity index (χ0v) is 20.7. The smallest absolute Gasteiger partial charge is 0.343 e. The number of carbonyl (C=O) groups excluding carboxylic acids is 3. The fourth-order valence-corrected chi connectivity index (χ4v) is 4.66. The van der Waals surface area contributed by atoms with Gasteiger partial charge in [-0.2, -0.15) is 0 Å². The van der Waals surface area contributed by atoms with Crippen molar-refractivity contribution >= 4 is 29.5 Å². The Balaban J connectivity index is 2.04. The summed E-state index contributed by atoms with van der Waals surface area (Å²) in [5.74, 6) is -4.49. The van der Waals surface area contributed by atoms with Crippen molar-refractivity contribution in [2.45, 2.75) is 77.4 Å². The highest BCUT2D eigenvalue weighted by molar-refractivity contribution is 6.25. The summed E-state index contributed by atoms with van der Waals surface area (Å²) in [7, 11) is 0. The molecule has 0 saturated heterocycles. The van der Waals surface area contributed by atoms with Crippen LogP contribution in [0.25, 0.3) is 0 Å². The fraction of sp³-hybridized carbons (Fsp3) is 0.444. The van der Waals surface area contributed by atoms with Gasteiger partial charge in [0.1, 0.15) is 11.6 Å². The number of rotatable bonds is 12. The lowest BCUT2D eigenvalue weighted by molar-refractivity contribution is -0.153. The molecule has 9 nitrogen and oxygen atoms in total. The van der Waals surface area contributed by atoms with Crippen molar-refractivity contribution in [1.29, 1.82) is 0 Å². The van der Waals surface area contributed by atoms with E-state index in [0.29, 0.717) is 17.7 Å². The first-order chi connectivity index (χ1) is 17.0. The highest BCUT2D eigenvalue weighted by Gasteiger charge is 2.54. The number of nitrogens with zero attached hydrogens (tertiary/aromatic N) is 1. The maximum atomic E-state index is 13.6. The number of hydrogen-bond donors (Lipinski definition) is 2. The molecule has 0 aromatic carbocycles. The Morgan fingerprint density at radius 2 is 1.81 bits per heavy atom. The van der Waals surface area contributed by atoms with Crippen molar-refractivity contribution in [3.63, 3.8) is 0 Å². The minimum absolute atomic E-state index is 0.0761. The average molecular weight is 498 g/mol. The van der Waals surface area contributed by atoms with Gasteiger partial charge < -0.3 is 19.8 Å². The maximum Gasteiger partial charge on any atom is 0.343 e. The number of ketones is 2. The molecule has 2 aliphatic heterocycles. The molecule has 0 spiro atoms. The number of allylic oxidation sites excluding steroid dienone is 4. The average Bonchev–Trinajstić information content (AvgIpc) is 3.07. The Bertz CT molecular complexity index is 1150. The van der Waals surface area contributed by atoms with Gasteiger partial charge in [0, 0.05) is 29.5 Å². The lowest BCUT2D eigenvalue weighted by Gasteiger charge is -2.36. The minimum atomic E-state index is -1.72. The molecule has 36 heavy (non-hydrogen) atoms. The predicted molar refractivity (Wildman–Crippen MR) is 129 cm³/mol. The third kappa shape index (κ3) is 5.10. The van der Waals surface area contributed by atoms with Gasteiger partial charge in [-0.3, -0.25) is 14.4 Å². The van der Waals surface area contributed by atoms with Crippen molar-refractivity contribution in [3.8, 4) is 0 Å². The molecule has 0 amide bonds. The first-order valence-electron chi connectivity index (χ1n) is 12.1. The molecule has 0 aromatic rings. The Hall–Kier alpha value is -3.75. The number of fused-ring (bicyclic) bond motifs is 2. The third-order valence-electron chi connectivity index (χ3n) is 6.56. The second-order valence-corrected chi connectivity index (χ2v) is 9.20. The summed E-state index contributed by atoms with van der Waals surface area (Å²) in [6.07, 6.45) is 11.8. The van der Waals surface area contributed by atoms with Gasteiger partial charge in [-0.25, -0.2) is 9.59 Å². The van der Waals surface area contributed by atoms with E-state index in [4.69, 9.17) is 4.74 Å². The minimum Gasteiger partial charge on any atom is -0.481 e. The lowest BCUT2D eigenvalue weighted by Crippen LogP contribution is -2.45. The summed E-state index contributed by atoms with van der Waals surface area (Å²) in [6, 6.07) is -1.47. The van der Waals surface area contributed by atoms with E-state index in [-0.39, 0.29) is 28.9 Å². The summed E-state index contributed by atoms with van der Waals surface area (Å²) in [4.78, 5) is 63.7. The van der Waals surface area contributed by atoms with Crippen LogP contribution < -0.4 is 0 Å². The quantitative estimate of drug-likeness (QED) is 0.235. The van der Waals surface area contributed by atoms with Gasteiger partial charge in [0.15, 0.2) is 11.4 Å². The van der Waals surface area contributed by atoms with Crippen LogP contribution in [0.3, 0.4) is 0 Å². The first-order valence-corrected chi connectivity index (χ1v) is 12.1. The molecule has 0 bridgehead atoms. The van der Waals surface area contributed by atoms with Crippen LogP contribution >= 0.6 is 0 Å². The van der Waals surface area contributed by atoms with E-state index >= 15 is 0 Å². The van der Waals surface area contributed by atoms with E-state index in [9.17, 15) is 34.2 Å². The summed E-state index contributed by atoms with van der Waals surface area (Å²) in [5, 5.41) is 18.9. The van der Waals surface area contributed by atoms with E-state index in [1.165, 1.54) is 18.0 Å². The van der Waals surface area contributed by atoms with Gasteiger partial charge >= 0.3 is 17.9 Å². The molecular weight excluding hydrogens is 466 g/mol. The van der Waals surface area contributed by atoms with E-state index in [1.807, 2.05) is 0 Å². The zero-order chi connectivity index (χ0) is 26.6. The Labute approximate surface area is 209 Å². The summed E-state index contributed by atoms with van der Waals surface area (Å²) < 4.78 is 5.44. The van der Waals surface area contributed by atoms with Crippen molar-refractivity contribution < 1.29 is 38.9 Å². The summed E-state index contributed by atoms with van der Waals surface area (Å²) >= 11 is 0. The molecular formula is C27H31NO8. The van der Waals surface area contributed by atoms with Crippen molar-refractivity contribution in [2.75, 3.05) is 0 Å². The number of aliphatic carboxylic acids is 2. The molecule has 192 valence electrons. The van der Waals surface area contributed by atoms with Crippen LogP contribution in [0.15, 0.2) is 58.5 Å². The fourth-order valence-electron chi connectivity index (χ4n) is 4.66. The largest absolute Gasteiger partial charge is 0.481 e. The molecule has 2 heterocycles. The number of carbonyl (C=O) groups is 5. The molecule has 0 aromatic heterocycles. The number of carboxylic acids is 2. The van der Waals surface area contributed by atoms with Crippen molar-refractivity contribution in [2.24, 2.45) is 0 Å². The Morgan fingerprint density at radius 3 is 2.42 bits per heavy atom. The normalized spacial score (nSPS) is 22.0. The third-order valence-corrected chi connectivity index (χ3v) is 6.56. The highest BCUT2D eigenvalue weighted by atomic mass is 16.6. The molecule has 3 rings (SSSR count). The molecule has 0 unspecified atom stereocenters. The SMILES string of the molecule is C/C=C/C1=CC2=CC3=C(C(=O)CCCCCCC)C(=O)O[C@@]3(C)C(=O)C2=CN1[C@H](CC(=O)O)C(=O)O. The van der Waals surface area contributed by atoms with Gasteiger partial charge in [0.2, 0.25) is 5.78 Å². The van der Waals surface area contributed by atoms with Gasteiger partial charge in [-0.05, 0) is 44.1 Å². The molecule has 3 aliphatic rings. The van der Waals surface area contributed by atoms with Gasteiger partial charge in [0.25, 0.3) is 0 Å². The standard InChI is InChI=1S/C27H31NO8/c1-4-6-7-8-9-11-21(29)23-19-13-16-12-17(10-5-2)28(20(25(33)34)14-22(30)31)15-18(16)24(32)27(19,3)36-26(23)35/h5,10,12-13,15,20H,4,6-9,11,14H2,1-3H3,(H,30,31)(H,33,34)/b10-5+/t20-,27-/m1/s1. The monoisotopic (exact) mass is 497 g/mol. The van der Waals surface area contributed by atoms with Crippen LogP contribution in [0, 0.1) is 0 Å². The number of Topliss-reactive ketones (excluding diaryl/α,β-unsaturated/α-hetero) is 2. The number of esters is 1. The Kier molecular flexibility index (Phi) is 8.12. The zero-order valence-electron chi connectivity index (χ0n) is 20.7. The van der Waals surface area contributed by atoms with Gasteiger partial charge in [-0.1, -0.05) is 38.7 Å². The van der Waals surface area contributed by atoms with Crippen LogP contribution in [0.4, 0.5) is 0 Å². The van der Waals surface area contributed by atoms with E-state index in [0.717, 1.165) is 25.7 Å². The number of ether oxygens (including phenoxy) is 1. The highest BCUT2D eigenvalue weighted by Crippen LogP contribution is 2.45. The number of carboxylic acid groups (broad SMARTS) is 2. The molecule has 1 aliphatic carbocycles. The molecule has 0 radical (unpaired) electrons. The summed E-state index contributed by atoms with van der Waals surface area (Å²) in [6.45, 7) is 5.23. The topological polar surface area (TPSA) is 138 Å². The molecule has 2 atom stereocenters. The van der Waals surface area contributed by atoms with E-state index in [1.54, 1.807) is 31.2 Å². The van der Waals surface area contributed by atoms with Crippen molar-refractivity contribution in [3.05, 3.63) is 58.5 Å². The Morgan fingerprint density at radius 1 is 1.11 bits per heavy atom. The molecule has 0 fully saturated rings. The maximum absolute atomic E-state index is 13.6. The van der Waals surface area contributed by atoms with Crippen LogP contribution in [-0.4, -0.2) is 56.2 Å². The second kappa shape index (κ2) is 10.9. The van der Waals surface area contributed by atoms with Crippen LogP contribution in [-0.2, 0) is 28.7 Å². The molecule has 9 heteroatoms. The number of hydrogen-bond acceptors (Lipinski definition) is 7. The van der Waals surface area contributed by atoms with Gasteiger partial charge in [0.05, 0.1) is 6.42 Å². The van der Waals surface area contributed by atoms with Gasteiger partial charge in [-0.15, -0.1) is 0 Å². The van der Waals surface area contributed by atoms with Crippen LogP contribution in [0.2, 0.25) is 0 Å². The van der Waals surface area contributed by atoms with E-state index < -0.39 is 41.8 Å². The summed E-state index contributed by atoms with van der Waals surface area (Å²) in [5.41, 5.74) is -0.816. The van der Waals surface area contributed by atoms with Crippen LogP contribution in [0.5, 0.6) is 0 Å². The van der Waals surface area contributed by atoms with Crippen LogP contribution in [0.1, 0.15) is 65.7 Å². The molecule has 0 saturated carbocycles. The number of unbranched alkanes of at least 4 members (excludes halogenated alkanes) is 4. The predicted octanol–water partition coefficient (Wildman–Crippen LogP) is 3.62.